The van der Waals surface area contributed by atoms with E-state index in [0.29, 0.717) is 29.6 Å². The van der Waals surface area contributed by atoms with Crippen molar-refractivity contribution in [1.82, 2.24) is 9.55 Å². The monoisotopic (exact) mass is 603 g/mol. The molecule has 0 fully saturated rings. The van der Waals surface area contributed by atoms with Crippen LogP contribution in [-0.4, -0.2) is 9.55 Å². The summed E-state index contributed by atoms with van der Waals surface area (Å²) in [6.45, 7) is 24.2. The zero-order valence-electron chi connectivity index (χ0n) is 28.2. The van der Waals surface area contributed by atoms with Gasteiger partial charge in [-0.25, -0.2) is 4.98 Å². The summed E-state index contributed by atoms with van der Waals surface area (Å²) in [6, 6.07) is 20.6. The predicted molar refractivity (Wildman–Crippen MR) is 191 cm³/mol. The number of anilines is 1. The molecule has 0 saturated carbocycles. The van der Waals surface area contributed by atoms with Crippen molar-refractivity contribution in [2.24, 2.45) is 0 Å². The number of fused-ring (bicyclic) bond motifs is 3. The van der Waals surface area contributed by atoms with Gasteiger partial charge in [0.15, 0.2) is 0 Å². The van der Waals surface area contributed by atoms with Crippen molar-refractivity contribution in [3.63, 3.8) is 0 Å². The third-order valence-electron chi connectivity index (χ3n) is 9.60. The predicted octanol–water partition coefficient (Wildman–Crippen LogP) is 11.9. The molecular weight excluding hydrogens is 555 g/mol. The maximum absolute atomic E-state index is 5.59. The van der Waals surface area contributed by atoms with Gasteiger partial charge in [0.25, 0.3) is 0 Å². The molecule has 0 amide bonds. The minimum absolute atomic E-state index is 0.0649. The number of benzene rings is 3. The normalized spacial score (nSPS) is 16.7. The summed E-state index contributed by atoms with van der Waals surface area (Å²) in [6.07, 6.45) is 2.34. The Kier molecular flexibility index (Phi) is 8.26. The number of aryl methyl sites for hydroxylation is 1. The Morgan fingerprint density at radius 3 is 2.11 bits per heavy atom. The fourth-order valence-corrected chi connectivity index (χ4v) is 8.28. The van der Waals surface area contributed by atoms with E-state index in [1.54, 1.807) is 0 Å². The molecule has 1 N–H and O–H groups in total. The van der Waals surface area contributed by atoms with Crippen LogP contribution >= 0.6 is 11.3 Å². The van der Waals surface area contributed by atoms with Crippen LogP contribution in [0.3, 0.4) is 0 Å². The van der Waals surface area contributed by atoms with Crippen LogP contribution in [0.15, 0.2) is 60.8 Å². The van der Waals surface area contributed by atoms with E-state index in [-0.39, 0.29) is 6.04 Å². The molecule has 2 unspecified atom stereocenters. The highest BCUT2D eigenvalue weighted by molar-refractivity contribution is 7.19. The molecule has 1 aliphatic heterocycles. The van der Waals surface area contributed by atoms with E-state index in [9.17, 15) is 0 Å². The van der Waals surface area contributed by atoms with Gasteiger partial charge in [-0.3, -0.25) is 0 Å². The molecule has 3 heterocycles. The molecule has 6 rings (SSSR count). The molecule has 5 aromatic rings. The second-order valence-corrected chi connectivity index (χ2v) is 15.4. The average molecular weight is 604 g/mol. The average Bonchev–Trinajstić information content (AvgIpc) is 3.51. The number of thiophene rings is 1. The van der Waals surface area contributed by atoms with Gasteiger partial charge >= 0.3 is 0 Å². The van der Waals surface area contributed by atoms with E-state index < -0.39 is 0 Å². The van der Waals surface area contributed by atoms with Crippen molar-refractivity contribution in [2.45, 2.75) is 111 Å². The summed E-state index contributed by atoms with van der Waals surface area (Å²) in [7, 11) is 0. The molecule has 44 heavy (non-hydrogen) atoms. The summed E-state index contributed by atoms with van der Waals surface area (Å²) in [5.41, 5.74) is 12.2. The zero-order valence-corrected chi connectivity index (χ0v) is 29.1. The summed E-state index contributed by atoms with van der Waals surface area (Å²) >= 11 is 1.87. The smallest absolute Gasteiger partial charge is 0.136 e. The Balaban J connectivity index is 1.64. The lowest BCUT2D eigenvalue weighted by Gasteiger charge is -2.30. The largest absolute Gasteiger partial charge is 0.371 e. The van der Waals surface area contributed by atoms with Crippen LogP contribution in [0.1, 0.15) is 142 Å². The van der Waals surface area contributed by atoms with Gasteiger partial charge in [0.05, 0.1) is 5.69 Å². The van der Waals surface area contributed by atoms with Gasteiger partial charge in [-0.05, 0) is 76.0 Å². The molecule has 2 aromatic heterocycles. The second kappa shape index (κ2) is 11.9. The van der Waals surface area contributed by atoms with Crippen molar-refractivity contribution < 1.29 is 0 Å². The number of hydrogen-bond donors (Lipinski definition) is 1. The van der Waals surface area contributed by atoms with Crippen molar-refractivity contribution in [3.8, 4) is 11.3 Å². The van der Waals surface area contributed by atoms with Gasteiger partial charge in [-0.15, -0.1) is 11.3 Å². The zero-order chi connectivity index (χ0) is 31.4. The van der Waals surface area contributed by atoms with Gasteiger partial charge in [0.1, 0.15) is 11.9 Å². The van der Waals surface area contributed by atoms with Crippen LogP contribution in [0.5, 0.6) is 0 Å². The summed E-state index contributed by atoms with van der Waals surface area (Å²) in [5, 5.41) is 5.53. The number of nitrogens with one attached hydrogen (secondary N) is 1. The molecule has 1 aliphatic rings. The third-order valence-corrected chi connectivity index (χ3v) is 10.7. The van der Waals surface area contributed by atoms with E-state index in [4.69, 9.17) is 4.98 Å². The first-order chi connectivity index (χ1) is 21.0. The van der Waals surface area contributed by atoms with Gasteiger partial charge in [-0.1, -0.05) is 111 Å². The highest BCUT2D eigenvalue weighted by Crippen LogP contribution is 2.46. The van der Waals surface area contributed by atoms with Gasteiger partial charge in [0.2, 0.25) is 0 Å². The summed E-state index contributed by atoms with van der Waals surface area (Å²) in [4.78, 5) is 6.92. The van der Waals surface area contributed by atoms with Crippen LogP contribution in [0.4, 0.5) is 5.69 Å². The first-order valence-electron chi connectivity index (χ1n) is 16.6. The third kappa shape index (κ3) is 5.30. The summed E-state index contributed by atoms with van der Waals surface area (Å²) < 4.78 is 3.79. The first kappa shape index (κ1) is 30.6. The highest BCUT2D eigenvalue weighted by Gasteiger charge is 2.34. The van der Waals surface area contributed by atoms with Crippen LogP contribution in [0.25, 0.3) is 21.3 Å². The Morgan fingerprint density at radius 1 is 0.818 bits per heavy atom. The van der Waals surface area contributed by atoms with Crippen LogP contribution in [0.2, 0.25) is 0 Å². The minimum atomic E-state index is -0.0649. The Morgan fingerprint density at radius 2 is 1.48 bits per heavy atom. The topological polar surface area (TPSA) is 29.9 Å². The number of hydrogen-bond acceptors (Lipinski definition) is 3. The maximum atomic E-state index is 5.59. The van der Waals surface area contributed by atoms with Crippen molar-refractivity contribution in [1.29, 1.82) is 0 Å². The first-order valence-corrected chi connectivity index (χ1v) is 17.4. The number of nitrogens with zero attached hydrogens (tertiary/aromatic N) is 2. The van der Waals surface area contributed by atoms with Crippen LogP contribution < -0.4 is 5.32 Å². The van der Waals surface area contributed by atoms with E-state index in [2.05, 4.69) is 140 Å². The molecule has 0 bridgehead atoms. The highest BCUT2D eigenvalue weighted by atomic mass is 32.1. The van der Waals surface area contributed by atoms with E-state index in [1.807, 2.05) is 11.3 Å². The van der Waals surface area contributed by atoms with Gasteiger partial charge < -0.3 is 9.88 Å². The molecular formula is C40H49N3S. The van der Waals surface area contributed by atoms with E-state index in [1.165, 1.54) is 59.6 Å². The van der Waals surface area contributed by atoms with Crippen LogP contribution in [0, 0.1) is 6.92 Å². The van der Waals surface area contributed by atoms with Crippen molar-refractivity contribution in [3.05, 3.63) is 105 Å². The van der Waals surface area contributed by atoms with Crippen molar-refractivity contribution >= 4 is 27.1 Å². The minimum Gasteiger partial charge on any atom is -0.371 e. The fraction of sp³-hybridized carbons (Fsp3) is 0.425. The number of imidazole rings is 1. The standard InChI is InChI=1S/C40H49N3S/c1-22(2)28-18-32(25(7)8)37-33(19-28)26(9)20-43-21-34(36-27(10)44-35-17-12-11-14-31(35)36)41-40(43)39(37)42-38-29(23(3)4)15-13-16-30(38)24(5)6/h11-19,21-26,39,42H,20H2,1-10H3. The molecule has 4 heteroatoms. The molecule has 0 saturated heterocycles. The molecule has 230 valence electrons. The number of para-hydroxylation sites is 1. The molecule has 0 spiro atoms. The number of aromatic nitrogens is 2. The van der Waals surface area contributed by atoms with E-state index >= 15 is 0 Å². The summed E-state index contributed by atoms with van der Waals surface area (Å²) in [5.74, 6) is 3.17. The lowest BCUT2D eigenvalue weighted by molar-refractivity contribution is 0.587. The molecule has 2 atom stereocenters. The molecule has 3 aromatic carbocycles. The fourth-order valence-electron chi connectivity index (χ4n) is 7.21. The molecule has 3 nitrogen and oxygen atoms in total. The quantitative estimate of drug-likeness (QED) is 0.200. The van der Waals surface area contributed by atoms with Gasteiger partial charge in [0, 0.05) is 39.0 Å². The van der Waals surface area contributed by atoms with Crippen molar-refractivity contribution in [2.75, 3.05) is 5.32 Å². The second-order valence-electron chi connectivity index (χ2n) is 14.2. The molecule has 0 radical (unpaired) electrons. The maximum Gasteiger partial charge on any atom is 0.136 e. The Hall–Kier alpha value is -3.37. The lowest BCUT2D eigenvalue weighted by Crippen LogP contribution is -2.21. The number of rotatable bonds is 7. The lowest BCUT2D eigenvalue weighted by atomic mass is 9.81. The Bertz CT molecular complexity index is 1790. The van der Waals surface area contributed by atoms with Crippen LogP contribution in [-0.2, 0) is 6.54 Å². The SMILES string of the molecule is Cc1sc2ccccc2c1-c1cn2c(n1)C(Nc1c(C(C)C)cccc1C(C)C)c1c(C(C)C)cc(C(C)C)cc1C(C)C2. The van der Waals surface area contributed by atoms with E-state index in [0.717, 1.165) is 18.1 Å². The Labute approximate surface area is 268 Å². The van der Waals surface area contributed by atoms with Gasteiger partial charge in [-0.2, -0.15) is 0 Å². The molecule has 0 aliphatic carbocycles.